The molecule has 0 saturated heterocycles. The molecule has 1 aromatic heterocycles. The van der Waals surface area contributed by atoms with Crippen molar-refractivity contribution >= 4 is 23.4 Å². The molecule has 0 aliphatic heterocycles. The Morgan fingerprint density at radius 2 is 2.07 bits per heavy atom. The summed E-state index contributed by atoms with van der Waals surface area (Å²) in [5, 5.41) is 1.56. The molecule has 0 radical (unpaired) electrons. The molecule has 1 heterocycles. The highest BCUT2D eigenvalue weighted by Crippen LogP contribution is 2.25. The number of hydrogen-bond acceptors (Lipinski definition) is 3. The van der Waals surface area contributed by atoms with Gasteiger partial charge in [0.1, 0.15) is 6.33 Å². The molecule has 0 N–H and O–H groups in total. The van der Waals surface area contributed by atoms with Gasteiger partial charge in [-0.3, -0.25) is 0 Å². The third kappa shape index (κ3) is 4.39. The summed E-state index contributed by atoms with van der Waals surface area (Å²) in [6.45, 7) is 6.45. The summed E-state index contributed by atoms with van der Waals surface area (Å²) in [5.41, 5.74) is 1.10. The molecule has 2 nitrogen and oxygen atoms in total. The van der Waals surface area contributed by atoms with E-state index in [1.165, 1.54) is 0 Å². The third-order valence-corrected chi connectivity index (χ3v) is 3.41. The highest BCUT2D eigenvalue weighted by molar-refractivity contribution is 7.99. The summed E-state index contributed by atoms with van der Waals surface area (Å²) in [5.74, 6) is 1.16. The number of nitrogens with zero attached hydrogens (tertiary/aromatic N) is 2. The van der Waals surface area contributed by atoms with Crippen LogP contribution in [0.25, 0.3) is 0 Å². The van der Waals surface area contributed by atoms with Crippen molar-refractivity contribution in [3.63, 3.8) is 0 Å². The fourth-order valence-corrected chi connectivity index (χ4v) is 2.55. The normalized spacial score (nSPS) is 13.1. The quantitative estimate of drug-likeness (QED) is 0.449. The minimum Gasteiger partial charge on any atom is -0.241 e. The molecule has 15 heavy (non-hydrogen) atoms. The molecule has 0 fully saturated rings. The molecule has 0 amide bonds. The highest BCUT2D eigenvalue weighted by Gasteiger charge is 2.07. The van der Waals surface area contributed by atoms with Crippen molar-refractivity contribution in [2.45, 2.75) is 43.4 Å². The van der Waals surface area contributed by atoms with Crippen LogP contribution in [0.4, 0.5) is 0 Å². The van der Waals surface area contributed by atoms with E-state index in [9.17, 15) is 0 Å². The zero-order chi connectivity index (χ0) is 11.3. The summed E-state index contributed by atoms with van der Waals surface area (Å²) < 4.78 is 0. The minimum absolute atomic E-state index is 0.454. The topological polar surface area (TPSA) is 25.8 Å². The Morgan fingerprint density at radius 3 is 2.67 bits per heavy atom. The molecule has 0 aliphatic carbocycles. The summed E-state index contributed by atoms with van der Waals surface area (Å²) in [6.07, 6.45) is 2.65. The molecule has 0 spiro atoms. The standard InChI is InChI=1S/C11H17ClN2S/c1-8(2)10-6-11(14-7-13-10)15-9(3)4-5-12/h6-9H,4-5H2,1-3H3. The van der Waals surface area contributed by atoms with Gasteiger partial charge in [0.25, 0.3) is 0 Å². The SMILES string of the molecule is CC(CCCl)Sc1cc(C(C)C)ncn1. The smallest absolute Gasteiger partial charge is 0.116 e. The Morgan fingerprint density at radius 1 is 1.33 bits per heavy atom. The number of hydrogen-bond donors (Lipinski definition) is 0. The van der Waals surface area contributed by atoms with Gasteiger partial charge in [-0.05, 0) is 18.4 Å². The van der Waals surface area contributed by atoms with Crippen LogP contribution in [0.3, 0.4) is 0 Å². The van der Waals surface area contributed by atoms with E-state index in [0.717, 1.165) is 17.1 Å². The van der Waals surface area contributed by atoms with E-state index in [1.807, 2.05) is 0 Å². The van der Waals surface area contributed by atoms with Gasteiger partial charge in [0, 0.05) is 16.8 Å². The van der Waals surface area contributed by atoms with Crippen LogP contribution < -0.4 is 0 Å². The number of thioether (sulfide) groups is 1. The van der Waals surface area contributed by atoms with Crippen molar-refractivity contribution in [2.75, 3.05) is 5.88 Å². The van der Waals surface area contributed by atoms with Gasteiger partial charge < -0.3 is 0 Å². The van der Waals surface area contributed by atoms with Crippen molar-refractivity contribution in [1.29, 1.82) is 0 Å². The van der Waals surface area contributed by atoms with Gasteiger partial charge in [0.2, 0.25) is 0 Å². The Labute approximate surface area is 101 Å². The van der Waals surface area contributed by atoms with Crippen LogP contribution in [0.5, 0.6) is 0 Å². The van der Waals surface area contributed by atoms with Gasteiger partial charge in [-0.15, -0.1) is 23.4 Å². The van der Waals surface area contributed by atoms with Gasteiger partial charge in [0.15, 0.2) is 0 Å². The number of aromatic nitrogens is 2. The Balaban J connectivity index is 2.65. The Kier molecular flexibility index (Phi) is 5.40. The lowest BCUT2D eigenvalue weighted by atomic mass is 10.1. The van der Waals surface area contributed by atoms with Crippen molar-refractivity contribution in [2.24, 2.45) is 0 Å². The van der Waals surface area contributed by atoms with E-state index in [-0.39, 0.29) is 0 Å². The van der Waals surface area contributed by atoms with Crippen LogP contribution in [-0.4, -0.2) is 21.1 Å². The van der Waals surface area contributed by atoms with Crippen molar-refractivity contribution < 1.29 is 0 Å². The molecule has 1 atom stereocenters. The lowest BCUT2D eigenvalue weighted by Gasteiger charge is -2.10. The zero-order valence-electron chi connectivity index (χ0n) is 9.40. The van der Waals surface area contributed by atoms with E-state index in [4.69, 9.17) is 11.6 Å². The van der Waals surface area contributed by atoms with Gasteiger partial charge >= 0.3 is 0 Å². The van der Waals surface area contributed by atoms with Crippen LogP contribution in [0, 0.1) is 0 Å². The van der Waals surface area contributed by atoms with Gasteiger partial charge in [-0.2, -0.15) is 0 Å². The fourth-order valence-electron chi connectivity index (χ4n) is 1.15. The molecule has 1 aromatic rings. The number of halogens is 1. The molecule has 4 heteroatoms. The second kappa shape index (κ2) is 6.33. The van der Waals surface area contributed by atoms with Gasteiger partial charge in [-0.25, -0.2) is 9.97 Å². The van der Waals surface area contributed by atoms with E-state index in [0.29, 0.717) is 17.0 Å². The fraction of sp³-hybridized carbons (Fsp3) is 0.636. The minimum atomic E-state index is 0.454. The van der Waals surface area contributed by atoms with Crippen molar-refractivity contribution in [1.82, 2.24) is 9.97 Å². The predicted octanol–water partition coefficient (Wildman–Crippen LogP) is 3.71. The van der Waals surface area contributed by atoms with E-state index >= 15 is 0 Å². The van der Waals surface area contributed by atoms with E-state index in [1.54, 1.807) is 18.1 Å². The molecule has 0 aromatic carbocycles. The number of rotatable bonds is 5. The lowest BCUT2D eigenvalue weighted by Crippen LogP contribution is -1.99. The molecule has 0 saturated carbocycles. The average molecular weight is 245 g/mol. The second-order valence-electron chi connectivity index (χ2n) is 3.84. The number of alkyl halides is 1. The zero-order valence-corrected chi connectivity index (χ0v) is 11.0. The van der Waals surface area contributed by atoms with Crippen LogP contribution in [0.1, 0.15) is 38.8 Å². The van der Waals surface area contributed by atoms with Crippen LogP contribution in [0.15, 0.2) is 17.4 Å². The summed E-state index contributed by atoms with van der Waals surface area (Å²) in [7, 11) is 0. The van der Waals surface area contributed by atoms with Crippen LogP contribution in [0.2, 0.25) is 0 Å². The maximum atomic E-state index is 5.70. The maximum absolute atomic E-state index is 5.70. The predicted molar refractivity (Wildman–Crippen MR) is 66.8 cm³/mol. The summed E-state index contributed by atoms with van der Waals surface area (Å²) >= 11 is 7.46. The molecule has 0 aliphatic rings. The molecule has 0 bridgehead atoms. The highest BCUT2D eigenvalue weighted by atomic mass is 35.5. The molecular formula is C11H17ClN2S. The summed E-state index contributed by atoms with van der Waals surface area (Å²) in [6, 6.07) is 2.07. The van der Waals surface area contributed by atoms with Crippen LogP contribution >= 0.6 is 23.4 Å². The van der Waals surface area contributed by atoms with Crippen LogP contribution in [-0.2, 0) is 0 Å². The molecule has 1 unspecified atom stereocenters. The first kappa shape index (κ1) is 12.8. The van der Waals surface area contributed by atoms with E-state index in [2.05, 4.69) is 36.8 Å². The maximum Gasteiger partial charge on any atom is 0.116 e. The van der Waals surface area contributed by atoms with Gasteiger partial charge in [0.05, 0.1) is 5.03 Å². The molecule has 84 valence electrons. The second-order valence-corrected chi connectivity index (χ2v) is 5.68. The first-order valence-corrected chi connectivity index (χ1v) is 6.59. The molecular weight excluding hydrogens is 228 g/mol. The van der Waals surface area contributed by atoms with E-state index < -0.39 is 0 Å². The van der Waals surface area contributed by atoms with Crippen molar-refractivity contribution in [3.8, 4) is 0 Å². The Hall–Kier alpha value is -0.280. The van der Waals surface area contributed by atoms with Gasteiger partial charge in [-0.1, -0.05) is 20.8 Å². The average Bonchev–Trinajstić information content (AvgIpc) is 2.18. The third-order valence-electron chi connectivity index (χ3n) is 2.09. The molecule has 1 rings (SSSR count). The summed E-state index contributed by atoms with van der Waals surface area (Å²) in [4.78, 5) is 8.49. The first-order chi connectivity index (χ1) is 7.13. The Bertz CT molecular complexity index is 304. The lowest BCUT2D eigenvalue weighted by molar-refractivity contribution is 0.798. The largest absolute Gasteiger partial charge is 0.241 e. The monoisotopic (exact) mass is 244 g/mol. The van der Waals surface area contributed by atoms with Crippen molar-refractivity contribution in [3.05, 3.63) is 18.1 Å². The first-order valence-electron chi connectivity index (χ1n) is 5.18.